The van der Waals surface area contributed by atoms with Gasteiger partial charge in [-0.15, -0.1) is 0 Å². The molecule has 1 amide bonds. The van der Waals surface area contributed by atoms with E-state index in [0.717, 1.165) is 5.56 Å². The third-order valence-corrected chi connectivity index (χ3v) is 3.99. The topological polar surface area (TPSA) is 47.6 Å². The first kappa shape index (κ1) is 16.2. The fraction of sp³-hybridized carbons (Fsp3) is 0.235. The summed E-state index contributed by atoms with van der Waals surface area (Å²) in [5.41, 5.74) is -2.16. The van der Waals surface area contributed by atoms with Crippen molar-refractivity contribution < 1.29 is 27.4 Å². The zero-order chi connectivity index (χ0) is 17.5. The summed E-state index contributed by atoms with van der Waals surface area (Å²) in [6, 6.07) is 9.74. The van der Waals surface area contributed by atoms with Crippen LogP contribution < -0.4 is 14.8 Å². The van der Waals surface area contributed by atoms with Crippen molar-refractivity contribution in [3.05, 3.63) is 59.2 Å². The maximum Gasteiger partial charge on any atom is 0.420 e. The number of nitrogens with one attached hydrogen (secondary N) is 1. The molecule has 1 N–H and O–H groups in total. The van der Waals surface area contributed by atoms with Crippen LogP contribution in [0.4, 0.5) is 18.0 Å². The minimum absolute atomic E-state index is 0.0938. The number of carbonyl (C=O) groups excluding carboxylic acids is 1. The molecule has 0 fully saturated rings. The van der Waals surface area contributed by atoms with E-state index < -0.39 is 17.8 Å². The van der Waals surface area contributed by atoms with Gasteiger partial charge in [-0.05, 0) is 24.6 Å². The summed E-state index contributed by atoms with van der Waals surface area (Å²) in [4.78, 5) is 11.9. The number of carbonyl (C=O) groups is 1. The molecular formula is C17H14F3NO3. The Morgan fingerprint density at radius 2 is 1.79 bits per heavy atom. The van der Waals surface area contributed by atoms with Gasteiger partial charge < -0.3 is 9.47 Å². The van der Waals surface area contributed by atoms with Gasteiger partial charge in [-0.2, -0.15) is 13.2 Å². The van der Waals surface area contributed by atoms with E-state index in [4.69, 9.17) is 9.47 Å². The van der Waals surface area contributed by atoms with E-state index in [-0.39, 0.29) is 16.9 Å². The monoisotopic (exact) mass is 337 g/mol. The Kier molecular flexibility index (Phi) is 3.66. The minimum atomic E-state index is -4.77. The van der Waals surface area contributed by atoms with Crippen molar-refractivity contribution in [1.82, 2.24) is 5.32 Å². The van der Waals surface area contributed by atoms with Crippen LogP contribution in [-0.4, -0.2) is 19.4 Å². The highest BCUT2D eigenvalue weighted by atomic mass is 19.4. The minimum Gasteiger partial charge on any atom is -0.497 e. The lowest BCUT2D eigenvalue weighted by molar-refractivity contribution is -0.187. The van der Waals surface area contributed by atoms with Crippen molar-refractivity contribution in [1.29, 1.82) is 0 Å². The normalized spacial score (nSPS) is 20.0. The molecule has 4 nitrogen and oxygen atoms in total. The number of ether oxygens (including phenoxy) is 2. The second-order valence-electron chi connectivity index (χ2n) is 5.49. The van der Waals surface area contributed by atoms with Gasteiger partial charge in [0, 0.05) is 11.6 Å². The van der Waals surface area contributed by atoms with Crippen molar-refractivity contribution in [2.45, 2.75) is 18.6 Å². The Hall–Kier alpha value is -2.70. The fourth-order valence-electron chi connectivity index (χ4n) is 2.79. The molecule has 3 rings (SSSR count). The smallest absolute Gasteiger partial charge is 0.420 e. The first-order valence-corrected chi connectivity index (χ1v) is 7.10. The highest BCUT2D eigenvalue weighted by molar-refractivity contribution is 5.77. The van der Waals surface area contributed by atoms with Crippen molar-refractivity contribution in [2.75, 3.05) is 7.11 Å². The number of halogens is 3. The molecule has 7 heteroatoms. The van der Waals surface area contributed by atoms with Crippen molar-refractivity contribution in [2.24, 2.45) is 0 Å². The van der Waals surface area contributed by atoms with Crippen LogP contribution in [0, 0.1) is 6.92 Å². The number of benzene rings is 2. The Morgan fingerprint density at radius 1 is 1.12 bits per heavy atom. The van der Waals surface area contributed by atoms with Gasteiger partial charge >= 0.3 is 12.3 Å². The lowest BCUT2D eigenvalue weighted by Crippen LogP contribution is -2.60. The van der Waals surface area contributed by atoms with Gasteiger partial charge in [0.05, 0.1) is 7.11 Å². The highest BCUT2D eigenvalue weighted by Crippen LogP contribution is 2.49. The van der Waals surface area contributed by atoms with E-state index in [1.54, 1.807) is 19.1 Å². The quantitative estimate of drug-likeness (QED) is 0.904. The second-order valence-corrected chi connectivity index (χ2v) is 5.49. The van der Waals surface area contributed by atoms with Crippen LogP contribution in [0.15, 0.2) is 42.5 Å². The molecule has 2 aromatic carbocycles. The predicted octanol–water partition coefficient (Wildman–Crippen LogP) is 3.91. The lowest BCUT2D eigenvalue weighted by Gasteiger charge is -2.40. The van der Waals surface area contributed by atoms with Gasteiger partial charge in [-0.25, -0.2) is 4.79 Å². The summed E-state index contributed by atoms with van der Waals surface area (Å²) in [6.07, 6.45) is -5.95. The van der Waals surface area contributed by atoms with Crippen LogP contribution in [-0.2, 0) is 5.54 Å². The summed E-state index contributed by atoms with van der Waals surface area (Å²) >= 11 is 0. The molecule has 24 heavy (non-hydrogen) atoms. The number of methoxy groups -OCH3 is 1. The molecule has 1 aliphatic heterocycles. The van der Waals surface area contributed by atoms with E-state index in [1.807, 2.05) is 5.32 Å². The molecule has 0 radical (unpaired) electrons. The number of hydrogen-bond donors (Lipinski definition) is 1. The van der Waals surface area contributed by atoms with E-state index in [2.05, 4.69) is 0 Å². The molecule has 2 aromatic rings. The van der Waals surface area contributed by atoms with Crippen LogP contribution in [0.2, 0.25) is 0 Å². The molecule has 1 atom stereocenters. The summed E-state index contributed by atoms with van der Waals surface area (Å²) in [5.74, 6) is 0.111. The third kappa shape index (κ3) is 2.36. The summed E-state index contributed by atoms with van der Waals surface area (Å²) in [7, 11) is 1.38. The maximum absolute atomic E-state index is 14.1. The number of aryl methyl sites for hydroxylation is 1. The van der Waals surface area contributed by atoms with Crippen molar-refractivity contribution >= 4 is 6.09 Å². The van der Waals surface area contributed by atoms with E-state index >= 15 is 0 Å². The average Bonchev–Trinajstić information content (AvgIpc) is 2.53. The van der Waals surface area contributed by atoms with Gasteiger partial charge in [0.15, 0.2) is 5.54 Å². The summed E-state index contributed by atoms with van der Waals surface area (Å²) in [6.45, 7) is 1.77. The third-order valence-electron chi connectivity index (χ3n) is 3.99. The number of hydrogen-bond acceptors (Lipinski definition) is 3. The molecule has 1 unspecified atom stereocenters. The molecule has 0 saturated heterocycles. The average molecular weight is 337 g/mol. The Bertz CT molecular complexity index is 787. The SMILES string of the molecule is COc1ccc2c(c1)OC(=O)NC2(c1ccc(C)cc1)C(F)(F)F. The van der Waals surface area contributed by atoms with Crippen LogP contribution in [0.3, 0.4) is 0 Å². The Balaban J connectivity index is 2.31. The molecule has 0 bridgehead atoms. The first-order chi connectivity index (χ1) is 11.3. The standard InChI is InChI=1S/C17H14F3NO3/c1-10-3-5-11(6-4-10)16(17(18,19)20)13-8-7-12(23-2)9-14(13)24-15(22)21-16/h3-9H,1-2H3,(H,21,22). The van der Waals surface area contributed by atoms with Crippen LogP contribution in [0.1, 0.15) is 16.7 Å². The van der Waals surface area contributed by atoms with Gasteiger partial charge in [-0.3, -0.25) is 5.32 Å². The number of fused-ring (bicyclic) bond motifs is 1. The molecule has 0 saturated carbocycles. The molecular weight excluding hydrogens is 323 g/mol. The van der Waals surface area contributed by atoms with E-state index in [1.165, 1.54) is 37.4 Å². The summed E-state index contributed by atoms with van der Waals surface area (Å²) < 4.78 is 52.3. The van der Waals surface area contributed by atoms with Gasteiger partial charge in [0.25, 0.3) is 0 Å². The van der Waals surface area contributed by atoms with Crippen LogP contribution >= 0.6 is 0 Å². The molecule has 0 aliphatic carbocycles. The summed E-state index contributed by atoms with van der Waals surface area (Å²) in [5, 5.41) is 1.97. The molecule has 1 aliphatic rings. The number of rotatable bonds is 2. The second kappa shape index (κ2) is 5.43. The predicted molar refractivity (Wildman–Crippen MR) is 80.2 cm³/mol. The number of amides is 1. The lowest BCUT2D eigenvalue weighted by atomic mass is 9.80. The van der Waals surface area contributed by atoms with Crippen LogP contribution in [0.25, 0.3) is 0 Å². The molecule has 0 spiro atoms. The van der Waals surface area contributed by atoms with Gasteiger partial charge in [0.2, 0.25) is 0 Å². The highest BCUT2D eigenvalue weighted by Gasteiger charge is 2.61. The van der Waals surface area contributed by atoms with E-state index in [0.29, 0.717) is 5.75 Å². The Morgan fingerprint density at radius 3 is 2.38 bits per heavy atom. The van der Waals surface area contributed by atoms with E-state index in [9.17, 15) is 18.0 Å². The zero-order valence-corrected chi connectivity index (χ0v) is 12.9. The zero-order valence-electron chi connectivity index (χ0n) is 12.9. The van der Waals surface area contributed by atoms with Crippen molar-refractivity contribution in [3.63, 3.8) is 0 Å². The fourth-order valence-corrected chi connectivity index (χ4v) is 2.79. The van der Waals surface area contributed by atoms with Crippen LogP contribution in [0.5, 0.6) is 11.5 Å². The van der Waals surface area contributed by atoms with Gasteiger partial charge in [-0.1, -0.05) is 29.8 Å². The Labute approximate surface area is 136 Å². The maximum atomic E-state index is 14.1. The molecule has 0 aromatic heterocycles. The largest absolute Gasteiger partial charge is 0.497 e. The molecule has 126 valence electrons. The van der Waals surface area contributed by atoms with Crippen molar-refractivity contribution in [3.8, 4) is 11.5 Å². The molecule has 1 heterocycles. The van der Waals surface area contributed by atoms with Gasteiger partial charge in [0.1, 0.15) is 11.5 Å². The number of alkyl halides is 3. The first-order valence-electron chi connectivity index (χ1n) is 7.10.